The molecule has 0 saturated carbocycles. The van der Waals surface area contributed by atoms with Gasteiger partial charge in [-0.1, -0.05) is 6.07 Å². The molecule has 0 aliphatic carbocycles. The topological polar surface area (TPSA) is 56.1 Å². The van der Waals surface area contributed by atoms with Gasteiger partial charge < -0.3 is 10.1 Å². The van der Waals surface area contributed by atoms with Crippen LogP contribution >= 0.6 is 0 Å². The van der Waals surface area contributed by atoms with Gasteiger partial charge in [-0.05, 0) is 50.8 Å². The van der Waals surface area contributed by atoms with Crippen LogP contribution in [-0.4, -0.2) is 34.4 Å². The van der Waals surface area contributed by atoms with Crippen molar-refractivity contribution >= 4 is 5.91 Å². The van der Waals surface area contributed by atoms with Crippen LogP contribution in [-0.2, 0) is 17.1 Å². The second-order valence-corrected chi connectivity index (χ2v) is 7.45. The lowest BCUT2D eigenvalue weighted by molar-refractivity contribution is -0.143. The number of nitrogens with one attached hydrogen (secondary N) is 1. The zero-order valence-corrected chi connectivity index (χ0v) is 16.6. The molecule has 31 heavy (non-hydrogen) atoms. The number of hydrogen-bond donors (Lipinski definition) is 1. The van der Waals surface area contributed by atoms with Crippen molar-refractivity contribution in [2.24, 2.45) is 0 Å². The van der Waals surface area contributed by atoms with Crippen molar-refractivity contribution in [2.45, 2.75) is 57.1 Å². The highest BCUT2D eigenvalue weighted by Gasteiger charge is 2.41. The standard InChI is InChI=1S/C20H21F6N3O2/c1-12(7-8-15-6-3-9-31-15)28-18(30)16-11-27-29(17(16)20(24,25)26)14-5-2-4-13(10-14)19(21,22)23/h2,4-5,10-12,15H,3,6-9H2,1H3,(H,28,30). The van der Waals surface area contributed by atoms with Gasteiger partial charge in [0.1, 0.15) is 0 Å². The molecule has 11 heteroatoms. The van der Waals surface area contributed by atoms with E-state index in [9.17, 15) is 31.1 Å². The molecule has 1 aromatic carbocycles. The molecule has 5 nitrogen and oxygen atoms in total. The van der Waals surface area contributed by atoms with Crippen LogP contribution in [0.25, 0.3) is 5.69 Å². The minimum atomic E-state index is -5.02. The van der Waals surface area contributed by atoms with Crippen molar-refractivity contribution in [1.29, 1.82) is 0 Å². The van der Waals surface area contributed by atoms with Crippen LogP contribution in [0.4, 0.5) is 26.3 Å². The first-order valence-corrected chi connectivity index (χ1v) is 9.72. The fourth-order valence-corrected chi connectivity index (χ4v) is 3.48. The fourth-order valence-electron chi connectivity index (χ4n) is 3.48. The Labute approximate surface area is 174 Å². The lowest BCUT2D eigenvalue weighted by Crippen LogP contribution is -2.34. The molecule has 1 saturated heterocycles. The third-order valence-electron chi connectivity index (χ3n) is 5.02. The summed E-state index contributed by atoms with van der Waals surface area (Å²) in [5.74, 6) is -0.995. The molecule has 1 fully saturated rings. The van der Waals surface area contributed by atoms with Gasteiger partial charge in [0.2, 0.25) is 0 Å². The van der Waals surface area contributed by atoms with E-state index in [2.05, 4.69) is 10.4 Å². The third-order valence-corrected chi connectivity index (χ3v) is 5.02. The molecule has 3 rings (SSSR count). The highest BCUT2D eigenvalue weighted by molar-refractivity contribution is 5.95. The summed E-state index contributed by atoms with van der Waals surface area (Å²) in [6.07, 6.45) is -5.92. The van der Waals surface area contributed by atoms with Crippen LogP contribution in [0.3, 0.4) is 0 Å². The van der Waals surface area contributed by atoms with Crippen LogP contribution in [0.5, 0.6) is 0 Å². The molecule has 2 aromatic rings. The highest BCUT2D eigenvalue weighted by atomic mass is 19.4. The maximum absolute atomic E-state index is 13.7. The SMILES string of the molecule is CC(CCC1CCCO1)NC(=O)c1cnn(-c2cccc(C(F)(F)F)c2)c1C(F)(F)F. The maximum atomic E-state index is 13.7. The summed E-state index contributed by atoms with van der Waals surface area (Å²) in [7, 11) is 0. The number of benzene rings is 1. The largest absolute Gasteiger partial charge is 0.434 e. The average Bonchev–Trinajstić information content (AvgIpc) is 3.35. The van der Waals surface area contributed by atoms with Gasteiger partial charge in [0.15, 0.2) is 5.69 Å². The monoisotopic (exact) mass is 449 g/mol. The Hall–Kier alpha value is -2.56. The molecule has 0 bridgehead atoms. The van der Waals surface area contributed by atoms with Crippen molar-refractivity contribution in [1.82, 2.24) is 15.1 Å². The number of amides is 1. The van der Waals surface area contributed by atoms with Crippen molar-refractivity contribution in [2.75, 3.05) is 6.61 Å². The number of hydrogen-bond acceptors (Lipinski definition) is 3. The summed E-state index contributed by atoms with van der Waals surface area (Å²) < 4.78 is 85.9. The second-order valence-electron chi connectivity index (χ2n) is 7.45. The lowest BCUT2D eigenvalue weighted by atomic mass is 10.1. The molecule has 1 amide bonds. The quantitative estimate of drug-likeness (QED) is 0.633. The van der Waals surface area contributed by atoms with Gasteiger partial charge in [-0.2, -0.15) is 31.4 Å². The summed E-state index contributed by atoms with van der Waals surface area (Å²) in [5, 5.41) is 6.07. The molecule has 2 atom stereocenters. The molecule has 1 aliphatic heterocycles. The van der Waals surface area contributed by atoms with E-state index in [4.69, 9.17) is 4.74 Å². The number of rotatable bonds is 6. The number of nitrogens with zero attached hydrogens (tertiary/aromatic N) is 2. The van der Waals surface area contributed by atoms with Gasteiger partial charge in [-0.25, -0.2) is 4.68 Å². The molecular weight excluding hydrogens is 428 g/mol. The van der Waals surface area contributed by atoms with Gasteiger partial charge in [0.25, 0.3) is 5.91 Å². The summed E-state index contributed by atoms with van der Waals surface area (Å²) in [4.78, 5) is 12.5. The number of ether oxygens (including phenoxy) is 1. The van der Waals surface area contributed by atoms with Crippen LogP contribution in [0.2, 0.25) is 0 Å². The molecule has 1 N–H and O–H groups in total. The lowest BCUT2D eigenvalue weighted by Gasteiger charge is -2.17. The van der Waals surface area contributed by atoms with Gasteiger partial charge in [0.05, 0.1) is 29.1 Å². The van der Waals surface area contributed by atoms with Crippen molar-refractivity contribution in [3.8, 4) is 5.69 Å². The van der Waals surface area contributed by atoms with Crippen molar-refractivity contribution in [3.05, 3.63) is 47.3 Å². The van der Waals surface area contributed by atoms with Crippen LogP contribution in [0.1, 0.15) is 54.2 Å². The molecule has 1 aliphatic rings. The Morgan fingerprint density at radius 3 is 2.61 bits per heavy atom. The summed E-state index contributed by atoms with van der Waals surface area (Å²) in [6.45, 7) is 2.34. The smallest absolute Gasteiger partial charge is 0.378 e. The van der Waals surface area contributed by atoms with Gasteiger partial charge in [-0.3, -0.25) is 4.79 Å². The average molecular weight is 449 g/mol. The van der Waals surface area contributed by atoms with Gasteiger partial charge >= 0.3 is 12.4 Å². The second kappa shape index (κ2) is 8.89. The fraction of sp³-hybridized carbons (Fsp3) is 0.500. The van der Waals surface area contributed by atoms with Crippen LogP contribution in [0, 0.1) is 0 Å². The number of aromatic nitrogens is 2. The molecule has 170 valence electrons. The van der Waals surface area contributed by atoms with Gasteiger partial charge in [0, 0.05) is 12.6 Å². The Balaban J connectivity index is 1.83. The highest BCUT2D eigenvalue weighted by Crippen LogP contribution is 2.35. The minimum Gasteiger partial charge on any atom is -0.378 e. The summed E-state index contributed by atoms with van der Waals surface area (Å²) >= 11 is 0. The Bertz CT molecular complexity index is 916. The molecule has 2 heterocycles. The van der Waals surface area contributed by atoms with E-state index in [0.29, 0.717) is 36.4 Å². The maximum Gasteiger partial charge on any atom is 0.434 e. The molecule has 2 unspecified atom stereocenters. The first-order chi connectivity index (χ1) is 14.5. The normalized spacial score (nSPS) is 18.2. The van der Waals surface area contributed by atoms with E-state index < -0.39 is 46.8 Å². The number of carbonyl (C=O) groups is 1. The predicted molar refractivity (Wildman–Crippen MR) is 98.7 cm³/mol. The van der Waals surface area contributed by atoms with E-state index in [1.165, 1.54) is 0 Å². The molecular formula is C20H21F6N3O2. The molecule has 1 aromatic heterocycles. The number of carbonyl (C=O) groups excluding carboxylic acids is 1. The van der Waals surface area contributed by atoms with Crippen LogP contribution in [0.15, 0.2) is 30.5 Å². The minimum absolute atomic E-state index is 0.0775. The van der Waals surface area contributed by atoms with E-state index in [1.807, 2.05) is 0 Å². The van der Waals surface area contributed by atoms with Crippen molar-refractivity contribution in [3.63, 3.8) is 0 Å². The van der Waals surface area contributed by atoms with E-state index in [0.717, 1.165) is 31.0 Å². The first-order valence-electron chi connectivity index (χ1n) is 9.72. The Morgan fingerprint density at radius 2 is 2.00 bits per heavy atom. The number of alkyl halides is 6. The van der Waals surface area contributed by atoms with Crippen molar-refractivity contribution < 1.29 is 35.9 Å². The Morgan fingerprint density at radius 1 is 1.26 bits per heavy atom. The molecule has 0 radical (unpaired) electrons. The predicted octanol–water partition coefficient (Wildman–Crippen LogP) is 4.99. The van der Waals surface area contributed by atoms with Gasteiger partial charge in [-0.15, -0.1) is 0 Å². The zero-order valence-electron chi connectivity index (χ0n) is 16.6. The molecule has 0 spiro atoms. The van der Waals surface area contributed by atoms with Crippen LogP contribution < -0.4 is 5.32 Å². The first kappa shape index (κ1) is 23.1. The van der Waals surface area contributed by atoms with E-state index in [-0.39, 0.29) is 6.10 Å². The van der Waals surface area contributed by atoms with E-state index >= 15 is 0 Å². The summed E-state index contributed by atoms with van der Waals surface area (Å²) in [6, 6.07) is 2.91. The third kappa shape index (κ3) is 5.57. The summed E-state index contributed by atoms with van der Waals surface area (Å²) in [5.41, 5.74) is -3.76. The zero-order chi connectivity index (χ0) is 22.8. The van der Waals surface area contributed by atoms with E-state index in [1.54, 1.807) is 6.92 Å². The Kier molecular flexibility index (Phi) is 6.63. The number of halogens is 6.